The van der Waals surface area contributed by atoms with Crippen molar-refractivity contribution in [1.29, 1.82) is 0 Å². The Bertz CT molecular complexity index is 1100. The predicted molar refractivity (Wildman–Crippen MR) is 102 cm³/mol. The maximum absolute atomic E-state index is 12.0. The Balaban J connectivity index is 1.40. The third-order valence-electron chi connectivity index (χ3n) is 3.60. The normalized spacial score (nSPS) is 10.8. The van der Waals surface area contributed by atoms with E-state index in [2.05, 4.69) is 10.3 Å². The molecule has 1 N–H and O–H groups in total. The number of aromatic nitrogens is 2. The SMILES string of the molecule is O=C(Nc1ccc(OCc2cc(=O)n3ccsc3n2)cc1)c1cccs1. The van der Waals surface area contributed by atoms with E-state index in [1.807, 2.05) is 16.8 Å². The molecule has 0 spiro atoms. The summed E-state index contributed by atoms with van der Waals surface area (Å²) >= 11 is 2.79. The third kappa shape index (κ3) is 3.51. The first-order valence-corrected chi connectivity index (χ1v) is 9.48. The first kappa shape index (κ1) is 16.5. The lowest BCUT2D eigenvalue weighted by Gasteiger charge is -2.08. The van der Waals surface area contributed by atoms with Crippen molar-refractivity contribution >= 4 is 39.2 Å². The summed E-state index contributed by atoms with van der Waals surface area (Å²) in [5, 5.41) is 6.51. The molecular formula is C18H13N3O3S2. The average molecular weight is 383 g/mol. The number of rotatable bonds is 5. The molecule has 3 aromatic heterocycles. The van der Waals surface area contributed by atoms with E-state index in [4.69, 9.17) is 4.74 Å². The molecule has 0 bridgehead atoms. The first-order chi connectivity index (χ1) is 12.7. The zero-order valence-corrected chi connectivity index (χ0v) is 15.0. The summed E-state index contributed by atoms with van der Waals surface area (Å²) in [5.74, 6) is 0.495. The highest BCUT2D eigenvalue weighted by molar-refractivity contribution is 7.15. The monoisotopic (exact) mass is 383 g/mol. The van der Waals surface area contributed by atoms with Gasteiger partial charge in [-0.2, -0.15) is 0 Å². The number of carbonyl (C=O) groups excluding carboxylic acids is 1. The Morgan fingerprint density at radius 3 is 2.77 bits per heavy atom. The molecule has 8 heteroatoms. The highest BCUT2D eigenvalue weighted by Crippen LogP contribution is 2.18. The van der Waals surface area contributed by atoms with Crippen LogP contribution in [-0.2, 0) is 6.61 Å². The molecule has 1 amide bonds. The number of anilines is 1. The van der Waals surface area contributed by atoms with Crippen molar-refractivity contribution in [1.82, 2.24) is 9.38 Å². The Kier molecular flexibility index (Phi) is 4.51. The van der Waals surface area contributed by atoms with Crippen LogP contribution in [-0.4, -0.2) is 15.3 Å². The molecule has 0 saturated carbocycles. The fourth-order valence-corrected chi connectivity index (χ4v) is 3.71. The van der Waals surface area contributed by atoms with Crippen LogP contribution < -0.4 is 15.6 Å². The van der Waals surface area contributed by atoms with Crippen LogP contribution in [0, 0.1) is 0 Å². The van der Waals surface area contributed by atoms with Gasteiger partial charge in [0.2, 0.25) is 0 Å². The van der Waals surface area contributed by atoms with Gasteiger partial charge in [0.15, 0.2) is 4.96 Å². The van der Waals surface area contributed by atoms with Gasteiger partial charge >= 0.3 is 0 Å². The lowest BCUT2D eigenvalue weighted by atomic mass is 10.3. The number of amides is 1. The molecule has 0 fully saturated rings. The van der Waals surface area contributed by atoms with Crippen LogP contribution in [0.1, 0.15) is 15.4 Å². The van der Waals surface area contributed by atoms with Gasteiger partial charge in [-0.3, -0.25) is 14.0 Å². The van der Waals surface area contributed by atoms with Gasteiger partial charge in [-0.15, -0.1) is 22.7 Å². The van der Waals surface area contributed by atoms with Crippen LogP contribution in [0.5, 0.6) is 5.75 Å². The molecule has 26 heavy (non-hydrogen) atoms. The standard InChI is InChI=1S/C18H13N3O3S2/c22-16-10-13(20-18-21(16)7-9-26-18)11-24-14-5-3-12(4-6-14)19-17(23)15-2-1-8-25-15/h1-10H,11H2,(H,19,23). The quantitative estimate of drug-likeness (QED) is 0.571. The van der Waals surface area contributed by atoms with Crippen molar-refractivity contribution in [2.45, 2.75) is 6.61 Å². The van der Waals surface area contributed by atoms with Crippen molar-refractivity contribution in [3.63, 3.8) is 0 Å². The Hall–Kier alpha value is -2.97. The molecule has 0 radical (unpaired) electrons. The van der Waals surface area contributed by atoms with Crippen molar-refractivity contribution in [3.8, 4) is 5.75 Å². The molecule has 4 rings (SSSR count). The Labute approximate surface area is 156 Å². The fourth-order valence-electron chi connectivity index (χ4n) is 2.35. The van der Waals surface area contributed by atoms with E-state index in [0.717, 1.165) is 0 Å². The van der Waals surface area contributed by atoms with E-state index in [9.17, 15) is 9.59 Å². The molecular weight excluding hydrogens is 370 g/mol. The number of nitrogens with zero attached hydrogens (tertiary/aromatic N) is 2. The summed E-state index contributed by atoms with van der Waals surface area (Å²) in [4.78, 5) is 29.7. The molecule has 3 heterocycles. The number of ether oxygens (including phenoxy) is 1. The fraction of sp³-hybridized carbons (Fsp3) is 0.0556. The van der Waals surface area contributed by atoms with Crippen molar-refractivity contribution < 1.29 is 9.53 Å². The molecule has 0 aliphatic carbocycles. The van der Waals surface area contributed by atoms with Crippen molar-refractivity contribution in [2.75, 3.05) is 5.32 Å². The second kappa shape index (κ2) is 7.11. The van der Waals surface area contributed by atoms with E-state index < -0.39 is 0 Å². The van der Waals surface area contributed by atoms with Crippen LogP contribution in [0.4, 0.5) is 5.69 Å². The Morgan fingerprint density at radius 1 is 1.15 bits per heavy atom. The van der Waals surface area contributed by atoms with E-state index in [1.165, 1.54) is 33.1 Å². The summed E-state index contributed by atoms with van der Waals surface area (Å²) in [5.41, 5.74) is 1.14. The molecule has 1 aromatic carbocycles. The second-order valence-corrected chi connectivity index (χ2v) is 7.21. The molecule has 4 aromatic rings. The van der Waals surface area contributed by atoms with E-state index in [0.29, 0.717) is 27.0 Å². The smallest absolute Gasteiger partial charge is 0.265 e. The minimum atomic E-state index is -0.136. The topological polar surface area (TPSA) is 72.7 Å². The summed E-state index contributed by atoms with van der Waals surface area (Å²) in [6.07, 6.45) is 1.70. The average Bonchev–Trinajstić information content (AvgIpc) is 3.33. The molecule has 0 unspecified atom stereocenters. The molecule has 0 saturated heterocycles. The van der Waals surface area contributed by atoms with E-state index in [1.54, 1.807) is 36.5 Å². The summed E-state index contributed by atoms with van der Waals surface area (Å²) in [6, 6.07) is 12.1. The van der Waals surface area contributed by atoms with E-state index in [-0.39, 0.29) is 18.1 Å². The number of benzene rings is 1. The number of thiazole rings is 1. The zero-order chi connectivity index (χ0) is 17.9. The number of carbonyl (C=O) groups is 1. The maximum Gasteiger partial charge on any atom is 0.265 e. The molecule has 0 aliphatic rings. The highest BCUT2D eigenvalue weighted by atomic mass is 32.1. The second-order valence-electron chi connectivity index (χ2n) is 5.39. The lowest BCUT2D eigenvalue weighted by Crippen LogP contribution is -2.14. The number of hydrogen-bond donors (Lipinski definition) is 1. The molecule has 0 atom stereocenters. The van der Waals surface area contributed by atoms with Gasteiger partial charge < -0.3 is 10.1 Å². The van der Waals surface area contributed by atoms with Gasteiger partial charge in [-0.05, 0) is 35.7 Å². The van der Waals surface area contributed by atoms with Crippen molar-refractivity contribution in [2.24, 2.45) is 0 Å². The number of thiophene rings is 1. The number of nitrogens with one attached hydrogen (secondary N) is 1. The Morgan fingerprint density at radius 2 is 2.00 bits per heavy atom. The van der Waals surface area contributed by atoms with Gasteiger partial charge in [-0.1, -0.05) is 6.07 Å². The maximum atomic E-state index is 12.0. The minimum absolute atomic E-state index is 0.124. The zero-order valence-electron chi connectivity index (χ0n) is 13.4. The summed E-state index contributed by atoms with van der Waals surface area (Å²) < 4.78 is 7.19. The first-order valence-electron chi connectivity index (χ1n) is 7.72. The van der Waals surface area contributed by atoms with Gasteiger partial charge in [0.25, 0.3) is 11.5 Å². The third-order valence-corrected chi connectivity index (χ3v) is 5.23. The molecule has 130 valence electrons. The van der Waals surface area contributed by atoms with Crippen LogP contribution >= 0.6 is 22.7 Å². The minimum Gasteiger partial charge on any atom is -0.487 e. The largest absolute Gasteiger partial charge is 0.487 e. The lowest BCUT2D eigenvalue weighted by molar-refractivity contribution is 0.103. The summed E-state index contributed by atoms with van der Waals surface area (Å²) in [6.45, 7) is 0.199. The van der Waals surface area contributed by atoms with Crippen LogP contribution in [0.2, 0.25) is 0 Å². The van der Waals surface area contributed by atoms with Gasteiger partial charge in [0.1, 0.15) is 12.4 Å². The molecule has 6 nitrogen and oxygen atoms in total. The van der Waals surface area contributed by atoms with Crippen LogP contribution in [0.25, 0.3) is 4.96 Å². The van der Waals surface area contributed by atoms with Gasteiger partial charge in [0, 0.05) is 23.3 Å². The van der Waals surface area contributed by atoms with Crippen molar-refractivity contribution in [3.05, 3.63) is 80.3 Å². The number of fused-ring (bicyclic) bond motifs is 1. The van der Waals surface area contributed by atoms with E-state index >= 15 is 0 Å². The summed E-state index contributed by atoms with van der Waals surface area (Å²) in [7, 11) is 0. The number of hydrogen-bond acceptors (Lipinski definition) is 6. The van der Waals surface area contributed by atoms with Gasteiger partial charge in [-0.25, -0.2) is 4.98 Å². The van der Waals surface area contributed by atoms with Crippen LogP contribution in [0.3, 0.4) is 0 Å². The molecule has 0 aliphatic heterocycles. The van der Waals surface area contributed by atoms with Crippen LogP contribution in [0.15, 0.2) is 64.2 Å². The highest BCUT2D eigenvalue weighted by Gasteiger charge is 2.07. The predicted octanol–water partition coefficient (Wildman–Crippen LogP) is 3.65. The van der Waals surface area contributed by atoms with Gasteiger partial charge in [0.05, 0.1) is 10.6 Å².